The molecule has 4 rings (SSSR count). The van der Waals surface area contributed by atoms with Gasteiger partial charge in [0, 0.05) is 31.5 Å². The number of amides is 1. The van der Waals surface area contributed by atoms with Gasteiger partial charge in [0.25, 0.3) is 0 Å². The van der Waals surface area contributed by atoms with Gasteiger partial charge in [0.05, 0.1) is 0 Å². The Balaban J connectivity index is 1.37. The van der Waals surface area contributed by atoms with Crippen molar-refractivity contribution in [2.45, 2.75) is 51.5 Å². The third-order valence-corrected chi connectivity index (χ3v) is 6.28. The second kappa shape index (κ2) is 6.99. The van der Waals surface area contributed by atoms with Gasteiger partial charge in [-0.2, -0.15) is 5.10 Å². The van der Waals surface area contributed by atoms with Gasteiger partial charge in [0.1, 0.15) is 5.82 Å². The fourth-order valence-corrected chi connectivity index (χ4v) is 4.62. The van der Waals surface area contributed by atoms with E-state index in [-0.39, 0.29) is 5.92 Å². The van der Waals surface area contributed by atoms with Gasteiger partial charge in [0.15, 0.2) is 4.77 Å². The Morgan fingerprint density at radius 3 is 2.73 bits per heavy atom. The summed E-state index contributed by atoms with van der Waals surface area (Å²) in [6.07, 6.45) is 2.93. The first-order valence-electron chi connectivity index (χ1n) is 9.59. The van der Waals surface area contributed by atoms with Crippen molar-refractivity contribution in [3.8, 4) is 0 Å². The fourth-order valence-electron chi connectivity index (χ4n) is 4.35. The molecule has 1 amide bonds. The molecule has 2 fully saturated rings. The molecule has 0 radical (unpaired) electrons. The van der Waals surface area contributed by atoms with Crippen molar-refractivity contribution in [2.75, 3.05) is 13.1 Å². The second-order valence-electron chi connectivity index (χ2n) is 7.54. The van der Waals surface area contributed by atoms with Gasteiger partial charge in [-0.25, -0.2) is 0 Å². The first kappa shape index (κ1) is 17.5. The van der Waals surface area contributed by atoms with Crippen LogP contribution in [0.15, 0.2) is 24.3 Å². The zero-order chi connectivity index (χ0) is 18.3. The van der Waals surface area contributed by atoms with E-state index in [1.165, 1.54) is 11.1 Å². The molecule has 1 saturated heterocycles. The smallest absolute Gasteiger partial charge is 0.226 e. The van der Waals surface area contributed by atoms with E-state index < -0.39 is 0 Å². The average molecular weight is 371 g/mol. The molecule has 1 aliphatic carbocycles. The molecule has 6 heteroatoms. The maximum Gasteiger partial charge on any atom is 0.226 e. The maximum atomic E-state index is 12.9. The Morgan fingerprint density at radius 1 is 1.31 bits per heavy atom. The summed E-state index contributed by atoms with van der Waals surface area (Å²) in [7, 11) is 0. The van der Waals surface area contributed by atoms with Crippen LogP contribution in [0.25, 0.3) is 0 Å². The number of piperidine rings is 1. The number of aromatic amines is 1. The number of benzene rings is 1. The lowest BCUT2D eigenvalue weighted by Gasteiger charge is -2.32. The van der Waals surface area contributed by atoms with Crippen LogP contribution in [-0.2, 0) is 11.3 Å². The highest BCUT2D eigenvalue weighted by atomic mass is 32.1. The van der Waals surface area contributed by atoms with Crippen molar-refractivity contribution in [2.24, 2.45) is 5.92 Å². The number of aryl methyl sites for hydroxylation is 1. The molecule has 2 atom stereocenters. The Morgan fingerprint density at radius 2 is 2.04 bits per heavy atom. The molecule has 1 N–H and O–H groups in total. The third kappa shape index (κ3) is 3.11. The maximum absolute atomic E-state index is 12.9. The summed E-state index contributed by atoms with van der Waals surface area (Å²) in [6, 6.07) is 8.45. The van der Waals surface area contributed by atoms with Crippen LogP contribution >= 0.6 is 12.2 Å². The van der Waals surface area contributed by atoms with Crippen molar-refractivity contribution >= 4 is 18.1 Å². The normalized spacial score (nSPS) is 23.2. The summed E-state index contributed by atoms with van der Waals surface area (Å²) >= 11 is 5.30. The lowest BCUT2D eigenvalue weighted by molar-refractivity contribution is -0.133. The van der Waals surface area contributed by atoms with Gasteiger partial charge in [-0.15, -0.1) is 0 Å². The van der Waals surface area contributed by atoms with Gasteiger partial charge in [-0.3, -0.25) is 9.89 Å². The van der Waals surface area contributed by atoms with E-state index in [0.717, 1.165) is 44.7 Å². The molecule has 0 unspecified atom stereocenters. The summed E-state index contributed by atoms with van der Waals surface area (Å²) < 4.78 is 2.77. The Bertz CT molecular complexity index is 863. The van der Waals surface area contributed by atoms with Crippen LogP contribution in [0.1, 0.15) is 55.0 Å². The molecule has 2 aromatic rings. The highest BCUT2D eigenvalue weighted by Crippen LogP contribution is 2.49. The van der Waals surface area contributed by atoms with Crippen LogP contribution in [0, 0.1) is 17.6 Å². The molecule has 2 aliphatic rings. The molecular formula is C20H26N4OS. The predicted molar refractivity (Wildman–Crippen MR) is 104 cm³/mol. The monoisotopic (exact) mass is 370 g/mol. The number of carbonyl (C=O) groups is 1. The molecule has 1 saturated carbocycles. The van der Waals surface area contributed by atoms with E-state index in [0.29, 0.717) is 22.5 Å². The molecule has 1 aromatic heterocycles. The van der Waals surface area contributed by atoms with Crippen molar-refractivity contribution in [1.82, 2.24) is 19.7 Å². The first-order chi connectivity index (χ1) is 12.6. The van der Waals surface area contributed by atoms with E-state index in [2.05, 4.69) is 57.8 Å². The molecule has 138 valence electrons. The van der Waals surface area contributed by atoms with Crippen LogP contribution in [0.4, 0.5) is 0 Å². The number of H-pyrrole nitrogens is 1. The number of aromatic nitrogens is 3. The largest absolute Gasteiger partial charge is 0.342 e. The lowest BCUT2D eigenvalue weighted by Crippen LogP contribution is -2.39. The van der Waals surface area contributed by atoms with Crippen LogP contribution in [0.3, 0.4) is 0 Å². The highest BCUT2D eigenvalue weighted by Gasteiger charge is 2.46. The summed E-state index contributed by atoms with van der Waals surface area (Å²) in [6.45, 7) is 6.71. The third-order valence-electron chi connectivity index (χ3n) is 5.97. The average Bonchev–Trinajstić information content (AvgIpc) is 3.36. The number of hydrogen-bond donors (Lipinski definition) is 1. The van der Waals surface area contributed by atoms with Crippen molar-refractivity contribution in [1.29, 1.82) is 0 Å². The Labute approximate surface area is 159 Å². The number of hydrogen-bond acceptors (Lipinski definition) is 3. The standard InChI is InChI=1S/C20H26N4OS/c1-3-24-18(21-22-20(24)26)14-8-10-23(11-9-14)19(25)17-12-16(17)15-7-5-4-6-13(15)2/h4-7,14,16-17H,3,8-12H2,1-2H3,(H,22,26)/t16-,17+/m0/s1. The minimum Gasteiger partial charge on any atom is -0.342 e. The zero-order valence-corrected chi connectivity index (χ0v) is 16.3. The molecular weight excluding hydrogens is 344 g/mol. The molecule has 1 aliphatic heterocycles. The van der Waals surface area contributed by atoms with Gasteiger partial charge in [0.2, 0.25) is 5.91 Å². The fraction of sp³-hybridized carbons (Fsp3) is 0.550. The highest BCUT2D eigenvalue weighted by molar-refractivity contribution is 7.71. The minimum absolute atomic E-state index is 0.179. The summed E-state index contributed by atoms with van der Waals surface area (Å²) in [5, 5.41) is 7.34. The SMILES string of the molecule is CCn1c(C2CCN(C(=O)[C@@H]3C[C@H]3c3ccccc3C)CC2)n[nH]c1=S. The second-order valence-corrected chi connectivity index (χ2v) is 7.92. The molecule has 0 bridgehead atoms. The lowest BCUT2D eigenvalue weighted by atomic mass is 9.95. The minimum atomic E-state index is 0.179. The van der Waals surface area contributed by atoms with Gasteiger partial charge >= 0.3 is 0 Å². The summed E-state index contributed by atoms with van der Waals surface area (Å²) in [5.74, 6) is 2.37. The van der Waals surface area contributed by atoms with Gasteiger partial charge in [-0.05, 0) is 62.4 Å². The van der Waals surface area contributed by atoms with E-state index >= 15 is 0 Å². The van der Waals surface area contributed by atoms with Crippen LogP contribution < -0.4 is 0 Å². The predicted octanol–water partition coefficient (Wildman–Crippen LogP) is 3.78. The Hall–Kier alpha value is -1.95. The van der Waals surface area contributed by atoms with Crippen LogP contribution in [0.2, 0.25) is 0 Å². The Kier molecular flexibility index (Phi) is 4.69. The first-order valence-corrected chi connectivity index (χ1v) is 10.0. The zero-order valence-electron chi connectivity index (χ0n) is 15.4. The summed E-state index contributed by atoms with van der Waals surface area (Å²) in [4.78, 5) is 15.0. The van der Waals surface area contributed by atoms with Crippen LogP contribution in [0.5, 0.6) is 0 Å². The van der Waals surface area contributed by atoms with Gasteiger partial charge in [-0.1, -0.05) is 24.3 Å². The van der Waals surface area contributed by atoms with E-state index in [1.807, 2.05) is 0 Å². The molecule has 2 heterocycles. The topological polar surface area (TPSA) is 53.9 Å². The van der Waals surface area contributed by atoms with E-state index in [9.17, 15) is 4.79 Å². The molecule has 0 spiro atoms. The van der Waals surface area contributed by atoms with Crippen molar-refractivity contribution in [3.05, 3.63) is 46.0 Å². The molecule has 1 aromatic carbocycles. The molecule has 5 nitrogen and oxygen atoms in total. The molecule has 26 heavy (non-hydrogen) atoms. The number of rotatable bonds is 4. The quantitative estimate of drug-likeness (QED) is 0.834. The number of carbonyl (C=O) groups excluding carboxylic acids is 1. The van der Waals surface area contributed by atoms with E-state index in [1.54, 1.807) is 0 Å². The van der Waals surface area contributed by atoms with Crippen molar-refractivity contribution < 1.29 is 4.79 Å². The van der Waals surface area contributed by atoms with Crippen LogP contribution in [-0.4, -0.2) is 38.7 Å². The van der Waals surface area contributed by atoms with Crippen molar-refractivity contribution in [3.63, 3.8) is 0 Å². The summed E-state index contributed by atoms with van der Waals surface area (Å²) in [5.41, 5.74) is 2.65. The van der Waals surface area contributed by atoms with Gasteiger partial charge < -0.3 is 9.47 Å². The number of nitrogens with one attached hydrogen (secondary N) is 1. The number of likely N-dealkylation sites (tertiary alicyclic amines) is 1. The number of nitrogens with zero attached hydrogens (tertiary/aromatic N) is 3. The van der Waals surface area contributed by atoms with E-state index in [4.69, 9.17) is 12.2 Å².